The van der Waals surface area contributed by atoms with Crippen LogP contribution in [0.25, 0.3) is 0 Å². The zero-order chi connectivity index (χ0) is 23.3. The van der Waals surface area contributed by atoms with E-state index in [0.717, 1.165) is 43.7 Å². The van der Waals surface area contributed by atoms with E-state index in [1.54, 1.807) is 6.20 Å². The van der Waals surface area contributed by atoms with Gasteiger partial charge in [0.1, 0.15) is 5.54 Å². The third kappa shape index (κ3) is 5.33. The van der Waals surface area contributed by atoms with Gasteiger partial charge in [-0.05, 0) is 63.4 Å². The van der Waals surface area contributed by atoms with Crippen LogP contribution in [0.3, 0.4) is 0 Å². The van der Waals surface area contributed by atoms with E-state index in [1.807, 2.05) is 48.5 Å². The largest absolute Gasteiger partial charge is 0.325 e. The van der Waals surface area contributed by atoms with Crippen molar-refractivity contribution in [2.24, 2.45) is 5.92 Å². The minimum Gasteiger partial charge on any atom is -0.322 e. The van der Waals surface area contributed by atoms with E-state index in [1.165, 1.54) is 10.5 Å². The summed E-state index contributed by atoms with van der Waals surface area (Å²) in [7, 11) is 0. The summed E-state index contributed by atoms with van der Waals surface area (Å²) in [5, 5.41) is 3.17. The first-order valence-electron chi connectivity index (χ1n) is 11.9. The molecule has 2 fully saturated rings. The second-order valence-electron chi connectivity index (χ2n) is 9.45. The SMILES string of the molecule is CC(C)=CCN1CCC(C2(Cc3ccccc3)NC(=O)N(CCc3ccccn3)C2=O)CC1. The smallest absolute Gasteiger partial charge is 0.322 e. The first kappa shape index (κ1) is 23.2. The highest BCUT2D eigenvalue weighted by Crippen LogP contribution is 2.36. The molecule has 174 valence electrons. The molecule has 1 aromatic heterocycles. The lowest BCUT2D eigenvalue weighted by atomic mass is 9.74. The van der Waals surface area contributed by atoms with Crippen molar-refractivity contribution in [3.05, 3.63) is 77.6 Å². The summed E-state index contributed by atoms with van der Waals surface area (Å²) in [5.41, 5.74) is 2.39. The highest BCUT2D eigenvalue weighted by Gasteiger charge is 2.55. The van der Waals surface area contributed by atoms with Crippen LogP contribution in [0.5, 0.6) is 0 Å². The number of nitrogens with one attached hydrogen (secondary N) is 1. The quantitative estimate of drug-likeness (QED) is 0.494. The second-order valence-corrected chi connectivity index (χ2v) is 9.45. The van der Waals surface area contributed by atoms with Crippen LogP contribution in [-0.4, -0.2) is 58.4 Å². The maximum absolute atomic E-state index is 13.9. The summed E-state index contributed by atoms with van der Waals surface area (Å²) in [6, 6.07) is 15.5. The molecule has 0 bridgehead atoms. The molecule has 4 rings (SSSR count). The minimum atomic E-state index is -0.884. The minimum absolute atomic E-state index is 0.0879. The molecular formula is C27H34N4O2. The Bertz CT molecular complexity index is 980. The summed E-state index contributed by atoms with van der Waals surface area (Å²) in [5.74, 6) is 0.0204. The van der Waals surface area contributed by atoms with Crippen LogP contribution in [0.4, 0.5) is 4.79 Å². The van der Waals surface area contributed by atoms with Crippen molar-refractivity contribution in [2.45, 2.75) is 45.1 Å². The topological polar surface area (TPSA) is 65.5 Å². The van der Waals surface area contributed by atoms with Crippen LogP contribution in [0, 0.1) is 5.92 Å². The number of piperidine rings is 1. The van der Waals surface area contributed by atoms with Gasteiger partial charge in [-0.2, -0.15) is 0 Å². The van der Waals surface area contributed by atoms with Crippen LogP contribution >= 0.6 is 0 Å². The van der Waals surface area contributed by atoms with Gasteiger partial charge >= 0.3 is 6.03 Å². The molecule has 0 spiro atoms. The van der Waals surface area contributed by atoms with E-state index >= 15 is 0 Å². The third-order valence-corrected chi connectivity index (χ3v) is 6.89. The lowest BCUT2D eigenvalue weighted by Gasteiger charge is -2.41. The molecular weight excluding hydrogens is 412 g/mol. The Balaban J connectivity index is 1.53. The number of likely N-dealkylation sites (tertiary alicyclic amines) is 1. The number of amides is 3. The fraction of sp³-hybridized carbons (Fsp3) is 0.444. The van der Waals surface area contributed by atoms with Gasteiger partial charge in [-0.3, -0.25) is 19.6 Å². The van der Waals surface area contributed by atoms with Crippen LogP contribution in [-0.2, 0) is 17.6 Å². The lowest BCUT2D eigenvalue weighted by molar-refractivity contribution is -0.134. The van der Waals surface area contributed by atoms with Crippen molar-refractivity contribution in [1.82, 2.24) is 20.1 Å². The number of hydrogen-bond acceptors (Lipinski definition) is 4. The fourth-order valence-electron chi connectivity index (χ4n) is 5.00. The van der Waals surface area contributed by atoms with Gasteiger partial charge in [0.2, 0.25) is 0 Å². The van der Waals surface area contributed by atoms with Gasteiger partial charge in [0, 0.05) is 37.8 Å². The fourth-order valence-corrected chi connectivity index (χ4v) is 5.00. The number of nitrogens with zero attached hydrogens (tertiary/aromatic N) is 3. The van der Waals surface area contributed by atoms with Crippen molar-refractivity contribution in [2.75, 3.05) is 26.2 Å². The Morgan fingerprint density at radius 3 is 2.48 bits per heavy atom. The molecule has 33 heavy (non-hydrogen) atoms. The average Bonchev–Trinajstić information content (AvgIpc) is 3.07. The summed E-state index contributed by atoms with van der Waals surface area (Å²) >= 11 is 0. The molecule has 2 aliphatic rings. The molecule has 3 heterocycles. The number of allylic oxidation sites excluding steroid dienone is 1. The van der Waals surface area contributed by atoms with Gasteiger partial charge in [0.05, 0.1) is 0 Å². The standard InChI is InChI=1S/C27H34N4O2/c1-21(2)11-16-30-17-12-23(13-18-30)27(20-22-8-4-3-5-9-22)25(32)31(26(33)29-27)19-14-24-10-6-7-15-28-24/h3-11,15,23H,12-14,16-20H2,1-2H3,(H,29,33). The van der Waals surface area contributed by atoms with Gasteiger partial charge in [0.25, 0.3) is 5.91 Å². The van der Waals surface area contributed by atoms with Gasteiger partial charge < -0.3 is 5.32 Å². The summed E-state index contributed by atoms with van der Waals surface area (Å²) in [6.45, 7) is 7.39. The van der Waals surface area contributed by atoms with E-state index in [4.69, 9.17) is 0 Å². The predicted molar refractivity (Wildman–Crippen MR) is 130 cm³/mol. The molecule has 1 atom stereocenters. The number of hydrogen-bond donors (Lipinski definition) is 1. The van der Waals surface area contributed by atoms with Gasteiger partial charge in [-0.15, -0.1) is 0 Å². The van der Waals surface area contributed by atoms with E-state index in [0.29, 0.717) is 19.4 Å². The number of benzene rings is 1. The molecule has 6 nitrogen and oxygen atoms in total. The predicted octanol–water partition coefficient (Wildman–Crippen LogP) is 3.84. The molecule has 0 aliphatic carbocycles. The van der Waals surface area contributed by atoms with Gasteiger partial charge in [-0.1, -0.05) is 48.0 Å². The van der Waals surface area contributed by atoms with Crippen LogP contribution in [0.2, 0.25) is 0 Å². The monoisotopic (exact) mass is 446 g/mol. The molecule has 1 N–H and O–H groups in total. The lowest BCUT2D eigenvalue weighted by Crippen LogP contribution is -2.57. The normalized spacial score (nSPS) is 21.8. The van der Waals surface area contributed by atoms with Crippen LogP contribution in [0.15, 0.2) is 66.4 Å². The summed E-state index contributed by atoms with van der Waals surface area (Å²) in [6.07, 6.45) is 6.86. The number of aromatic nitrogens is 1. The van der Waals surface area contributed by atoms with Crippen molar-refractivity contribution < 1.29 is 9.59 Å². The molecule has 6 heteroatoms. The third-order valence-electron chi connectivity index (χ3n) is 6.89. The van der Waals surface area contributed by atoms with E-state index < -0.39 is 5.54 Å². The van der Waals surface area contributed by atoms with E-state index in [2.05, 4.69) is 35.1 Å². The molecule has 3 amide bonds. The molecule has 0 radical (unpaired) electrons. The molecule has 1 unspecified atom stereocenters. The molecule has 0 saturated carbocycles. The molecule has 2 aromatic rings. The highest BCUT2D eigenvalue weighted by atomic mass is 16.2. The molecule has 2 saturated heterocycles. The Morgan fingerprint density at radius 2 is 1.82 bits per heavy atom. The zero-order valence-corrected chi connectivity index (χ0v) is 19.7. The van der Waals surface area contributed by atoms with Crippen molar-refractivity contribution >= 4 is 11.9 Å². The van der Waals surface area contributed by atoms with Crippen molar-refractivity contribution in [3.63, 3.8) is 0 Å². The van der Waals surface area contributed by atoms with Crippen molar-refractivity contribution in [1.29, 1.82) is 0 Å². The number of pyridine rings is 1. The Kier molecular flexibility index (Phi) is 7.23. The van der Waals surface area contributed by atoms with E-state index in [-0.39, 0.29) is 17.9 Å². The molecule has 2 aliphatic heterocycles. The highest BCUT2D eigenvalue weighted by molar-refractivity contribution is 6.07. The average molecular weight is 447 g/mol. The van der Waals surface area contributed by atoms with Gasteiger partial charge in [-0.25, -0.2) is 4.79 Å². The zero-order valence-electron chi connectivity index (χ0n) is 19.7. The number of rotatable bonds is 8. The van der Waals surface area contributed by atoms with E-state index in [9.17, 15) is 9.59 Å². The first-order chi connectivity index (χ1) is 16.0. The number of carbonyl (C=O) groups is 2. The Labute approximate surface area is 196 Å². The maximum atomic E-state index is 13.9. The summed E-state index contributed by atoms with van der Waals surface area (Å²) < 4.78 is 0. The number of carbonyl (C=O) groups excluding carboxylic acids is 2. The first-order valence-corrected chi connectivity index (χ1v) is 11.9. The van der Waals surface area contributed by atoms with Crippen molar-refractivity contribution in [3.8, 4) is 0 Å². The van der Waals surface area contributed by atoms with Crippen LogP contribution < -0.4 is 5.32 Å². The van der Waals surface area contributed by atoms with Crippen LogP contribution in [0.1, 0.15) is 37.9 Å². The van der Waals surface area contributed by atoms with Gasteiger partial charge in [0.15, 0.2) is 0 Å². The Hall–Kier alpha value is -2.99. The number of imide groups is 1. The summed E-state index contributed by atoms with van der Waals surface area (Å²) in [4.78, 5) is 35.1. The maximum Gasteiger partial charge on any atom is 0.325 e. The Morgan fingerprint density at radius 1 is 1.09 bits per heavy atom. The molecule has 1 aromatic carbocycles. The second kappa shape index (κ2) is 10.3. The number of urea groups is 1.